The molecule has 0 heterocycles. The van der Waals surface area contributed by atoms with E-state index >= 15 is 0 Å². The molecule has 1 N–H and O–H groups in total. The van der Waals surface area contributed by atoms with Crippen molar-refractivity contribution in [1.82, 2.24) is 10.2 Å². The minimum Gasteiger partial charge on any atom is -0.484 e. The van der Waals surface area contributed by atoms with Gasteiger partial charge in [-0.2, -0.15) is 0 Å². The van der Waals surface area contributed by atoms with Crippen molar-refractivity contribution in [1.29, 1.82) is 0 Å². The fourth-order valence-electron chi connectivity index (χ4n) is 3.26. The second-order valence-electron chi connectivity index (χ2n) is 8.25. The number of halogens is 1. The van der Waals surface area contributed by atoms with E-state index in [2.05, 4.69) is 19.2 Å². The zero-order valence-corrected chi connectivity index (χ0v) is 19.8. The molecule has 0 fully saturated rings. The van der Waals surface area contributed by atoms with Gasteiger partial charge in [-0.3, -0.25) is 9.59 Å². The molecule has 0 aliphatic rings. The van der Waals surface area contributed by atoms with Crippen LogP contribution in [0.1, 0.15) is 58.1 Å². The second kappa shape index (κ2) is 11.8. The highest BCUT2D eigenvalue weighted by atomic mass is 35.5. The first-order valence-corrected chi connectivity index (χ1v) is 11.2. The molecule has 0 aliphatic heterocycles. The van der Waals surface area contributed by atoms with Gasteiger partial charge in [0, 0.05) is 17.6 Å². The standard InChI is InChI=1S/C25H33ClN2O3/c1-6-23(25(30)27-18(4)5)28(15-19-7-11-21(26)12-8-19)24(29)16-31-22-13-9-20(10-14-22)17(2)3/h7-14,17-18,23H,6,15-16H2,1-5H3,(H,27,30). The SMILES string of the molecule is CCC(C(=O)NC(C)C)N(Cc1ccc(Cl)cc1)C(=O)COc1ccc(C(C)C)cc1. The molecule has 31 heavy (non-hydrogen) atoms. The maximum atomic E-state index is 13.1. The van der Waals surface area contributed by atoms with E-state index in [1.165, 1.54) is 5.56 Å². The molecule has 0 aromatic heterocycles. The first kappa shape index (κ1) is 24.7. The Balaban J connectivity index is 2.17. The van der Waals surface area contributed by atoms with E-state index in [9.17, 15) is 9.59 Å². The summed E-state index contributed by atoms with van der Waals surface area (Å²) >= 11 is 5.99. The Labute approximate surface area is 190 Å². The van der Waals surface area contributed by atoms with Gasteiger partial charge in [0.1, 0.15) is 11.8 Å². The quantitative estimate of drug-likeness (QED) is 0.549. The van der Waals surface area contributed by atoms with Gasteiger partial charge in [-0.15, -0.1) is 0 Å². The molecule has 1 unspecified atom stereocenters. The minimum absolute atomic E-state index is 0.00949. The van der Waals surface area contributed by atoms with E-state index in [4.69, 9.17) is 16.3 Å². The third-order valence-electron chi connectivity index (χ3n) is 4.99. The first-order valence-electron chi connectivity index (χ1n) is 10.8. The van der Waals surface area contributed by atoms with Crippen LogP contribution in [-0.4, -0.2) is 35.4 Å². The molecule has 2 rings (SSSR count). The number of hydrogen-bond donors (Lipinski definition) is 1. The highest BCUT2D eigenvalue weighted by Crippen LogP contribution is 2.20. The summed E-state index contributed by atoms with van der Waals surface area (Å²) in [7, 11) is 0. The number of rotatable bonds is 10. The molecule has 0 spiro atoms. The highest BCUT2D eigenvalue weighted by molar-refractivity contribution is 6.30. The van der Waals surface area contributed by atoms with Crippen molar-refractivity contribution in [3.8, 4) is 5.75 Å². The van der Waals surface area contributed by atoms with Crippen molar-refractivity contribution in [3.63, 3.8) is 0 Å². The van der Waals surface area contributed by atoms with Crippen molar-refractivity contribution in [2.75, 3.05) is 6.61 Å². The van der Waals surface area contributed by atoms with E-state index in [-0.39, 0.29) is 24.5 Å². The normalized spacial score (nSPS) is 12.0. The summed E-state index contributed by atoms with van der Waals surface area (Å²) in [5, 5.41) is 3.54. The van der Waals surface area contributed by atoms with Gasteiger partial charge in [0.05, 0.1) is 0 Å². The van der Waals surface area contributed by atoms with Crippen LogP contribution in [0.15, 0.2) is 48.5 Å². The van der Waals surface area contributed by atoms with Crippen LogP contribution in [0.5, 0.6) is 5.75 Å². The number of benzene rings is 2. The van der Waals surface area contributed by atoms with E-state index in [1.54, 1.807) is 17.0 Å². The van der Waals surface area contributed by atoms with E-state index < -0.39 is 6.04 Å². The van der Waals surface area contributed by atoms with Gasteiger partial charge in [0.2, 0.25) is 5.91 Å². The number of carbonyl (C=O) groups is 2. The van der Waals surface area contributed by atoms with Crippen molar-refractivity contribution in [2.24, 2.45) is 0 Å². The van der Waals surface area contributed by atoms with Gasteiger partial charge in [-0.25, -0.2) is 0 Å². The van der Waals surface area contributed by atoms with Gasteiger partial charge < -0.3 is 15.0 Å². The Kier molecular flexibility index (Phi) is 9.38. The van der Waals surface area contributed by atoms with Crippen LogP contribution in [0.3, 0.4) is 0 Å². The Morgan fingerprint density at radius 2 is 1.61 bits per heavy atom. The molecule has 0 saturated heterocycles. The molecule has 0 bridgehead atoms. The molecule has 2 amide bonds. The lowest BCUT2D eigenvalue weighted by atomic mass is 10.0. The summed E-state index contributed by atoms with van der Waals surface area (Å²) in [6.45, 7) is 10.1. The summed E-state index contributed by atoms with van der Waals surface area (Å²) in [6.07, 6.45) is 0.501. The summed E-state index contributed by atoms with van der Waals surface area (Å²) in [4.78, 5) is 27.5. The molecule has 168 valence electrons. The lowest BCUT2D eigenvalue weighted by molar-refractivity contribution is -0.143. The maximum absolute atomic E-state index is 13.1. The average molecular weight is 445 g/mol. The summed E-state index contributed by atoms with van der Waals surface area (Å²) in [6, 6.07) is 14.4. The van der Waals surface area contributed by atoms with Crippen LogP contribution in [0.4, 0.5) is 0 Å². The molecular weight excluding hydrogens is 412 g/mol. The second-order valence-corrected chi connectivity index (χ2v) is 8.68. The molecule has 0 aliphatic carbocycles. The molecule has 1 atom stereocenters. The molecule has 5 nitrogen and oxygen atoms in total. The van der Waals surface area contributed by atoms with Gasteiger partial charge in [0.15, 0.2) is 6.61 Å². The van der Waals surface area contributed by atoms with Crippen LogP contribution in [0.2, 0.25) is 5.02 Å². The maximum Gasteiger partial charge on any atom is 0.261 e. The van der Waals surface area contributed by atoms with Crippen LogP contribution in [0.25, 0.3) is 0 Å². The molecule has 0 radical (unpaired) electrons. The van der Waals surface area contributed by atoms with E-state index in [1.807, 2.05) is 57.2 Å². The molecular formula is C25H33ClN2O3. The minimum atomic E-state index is -0.586. The van der Waals surface area contributed by atoms with Crippen molar-refractivity contribution in [3.05, 3.63) is 64.7 Å². The lowest BCUT2D eigenvalue weighted by Gasteiger charge is -2.31. The Hall–Kier alpha value is -2.53. The van der Waals surface area contributed by atoms with Crippen LogP contribution in [-0.2, 0) is 16.1 Å². The summed E-state index contributed by atoms with van der Waals surface area (Å²) in [5.41, 5.74) is 2.11. The molecule has 2 aromatic carbocycles. The molecule has 2 aromatic rings. The fourth-order valence-corrected chi connectivity index (χ4v) is 3.39. The summed E-state index contributed by atoms with van der Waals surface area (Å²) in [5.74, 6) is 0.647. The fraction of sp³-hybridized carbons (Fsp3) is 0.440. The topological polar surface area (TPSA) is 58.6 Å². The number of nitrogens with one attached hydrogen (secondary N) is 1. The third-order valence-corrected chi connectivity index (χ3v) is 5.24. The monoisotopic (exact) mass is 444 g/mol. The number of ether oxygens (including phenoxy) is 1. The van der Waals surface area contributed by atoms with Crippen molar-refractivity contribution < 1.29 is 14.3 Å². The predicted octanol–water partition coefficient (Wildman–Crippen LogP) is 5.17. The Morgan fingerprint density at radius 1 is 1.00 bits per heavy atom. The summed E-state index contributed by atoms with van der Waals surface area (Å²) < 4.78 is 5.75. The Bertz CT molecular complexity index is 848. The highest BCUT2D eigenvalue weighted by Gasteiger charge is 2.29. The van der Waals surface area contributed by atoms with Gasteiger partial charge in [-0.05, 0) is 61.6 Å². The van der Waals surface area contributed by atoms with Crippen molar-refractivity contribution >= 4 is 23.4 Å². The smallest absolute Gasteiger partial charge is 0.261 e. The van der Waals surface area contributed by atoms with Crippen LogP contribution in [0, 0.1) is 0 Å². The predicted molar refractivity (Wildman–Crippen MR) is 125 cm³/mol. The van der Waals surface area contributed by atoms with Crippen molar-refractivity contribution in [2.45, 2.75) is 65.6 Å². The zero-order valence-electron chi connectivity index (χ0n) is 19.0. The molecule has 0 saturated carbocycles. The van der Waals surface area contributed by atoms with Crippen LogP contribution >= 0.6 is 11.6 Å². The van der Waals surface area contributed by atoms with Crippen LogP contribution < -0.4 is 10.1 Å². The largest absolute Gasteiger partial charge is 0.484 e. The number of amides is 2. The third kappa shape index (κ3) is 7.59. The van der Waals surface area contributed by atoms with Gasteiger partial charge in [-0.1, -0.05) is 56.6 Å². The zero-order chi connectivity index (χ0) is 23.0. The van der Waals surface area contributed by atoms with Gasteiger partial charge >= 0.3 is 0 Å². The van der Waals surface area contributed by atoms with E-state index in [0.29, 0.717) is 29.7 Å². The van der Waals surface area contributed by atoms with Gasteiger partial charge in [0.25, 0.3) is 5.91 Å². The first-order chi connectivity index (χ1) is 14.7. The Morgan fingerprint density at radius 3 is 2.13 bits per heavy atom. The number of nitrogens with zero attached hydrogens (tertiary/aromatic N) is 1. The number of carbonyl (C=O) groups excluding carboxylic acids is 2. The average Bonchev–Trinajstić information content (AvgIpc) is 2.73. The number of hydrogen-bond acceptors (Lipinski definition) is 3. The molecule has 6 heteroatoms. The van der Waals surface area contributed by atoms with E-state index in [0.717, 1.165) is 5.56 Å². The lowest BCUT2D eigenvalue weighted by Crippen LogP contribution is -2.51.